The Kier molecular flexibility index (Phi) is 7.92. The van der Waals surface area contributed by atoms with Crippen molar-refractivity contribution in [2.45, 2.75) is 46.6 Å². The van der Waals surface area contributed by atoms with Gasteiger partial charge >= 0.3 is 0 Å². The largest absolute Gasteiger partial charge is 0.492 e. The molecule has 108 valence electrons. The van der Waals surface area contributed by atoms with Gasteiger partial charge in [0.2, 0.25) is 0 Å². The lowest BCUT2D eigenvalue weighted by atomic mass is 10.1. The van der Waals surface area contributed by atoms with Gasteiger partial charge in [-0.1, -0.05) is 51.3 Å². The minimum atomic E-state index is 0.613. The zero-order valence-corrected chi connectivity index (χ0v) is 13.1. The summed E-state index contributed by atoms with van der Waals surface area (Å²) >= 11 is 6.26. The van der Waals surface area contributed by atoms with E-state index < -0.39 is 0 Å². The maximum absolute atomic E-state index is 6.26. The van der Waals surface area contributed by atoms with E-state index in [-0.39, 0.29) is 0 Å². The molecule has 1 rings (SSSR count). The lowest BCUT2D eigenvalue weighted by Gasteiger charge is -2.15. The van der Waals surface area contributed by atoms with Crippen LogP contribution in [0.5, 0.6) is 5.75 Å². The molecule has 3 heteroatoms. The summed E-state index contributed by atoms with van der Waals surface area (Å²) in [5, 5.41) is 4.08. The highest BCUT2D eigenvalue weighted by Crippen LogP contribution is 2.26. The van der Waals surface area contributed by atoms with Crippen molar-refractivity contribution in [1.29, 1.82) is 0 Å². The van der Waals surface area contributed by atoms with Crippen molar-refractivity contribution in [3.63, 3.8) is 0 Å². The number of ether oxygens (including phenoxy) is 1. The molecule has 2 nitrogen and oxygen atoms in total. The minimum Gasteiger partial charge on any atom is -0.492 e. The van der Waals surface area contributed by atoms with E-state index in [0.717, 1.165) is 44.7 Å². The van der Waals surface area contributed by atoms with Gasteiger partial charge in [0.25, 0.3) is 0 Å². The van der Waals surface area contributed by atoms with Gasteiger partial charge in [0.05, 0.1) is 11.6 Å². The third-order valence-corrected chi connectivity index (χ3v) is 3.68. The van der Waals surface area contributed by atoms with Crippen molar-refractivity contribution in [2.24, 2.45) is 5.92 Å². The molecule has 0 bridgehead atoms. The Morgan fingerprint density at radius 2 is 1.95 bits per heavy atom. The summed E-state index contributed by atoms with van der Waals surface area (Å²) in [5.41, 5.74) is 1.20. The molecule has 0 aliphatic carbocycles. The summed E-state index contributed by atoms with van der Waals surface area (Å²) in [6.07, 6.45) is 3.44. The van der Waals surface area contributed by atoms with Gasteiger partial charge in [0.15, 0.2) is 0 Å². The molecule has 0 unspecified atom stereocenters. The third-order valence-electron chi connectivity index (χ3n) is 3.38. The molecule has 0 spiro atoms. The van der Waals surface area contributed by atoms with Crippen LogP contribution in [0.3, 0.4) is 0 Å². The summed E-state index contributed by atoms with van der Waals surface area (Å²) in [5.74, 6) is 1.41. The fourth-order valence-electron chi connectivity index (χ4n) is 1.91. The number of hydrogen-bond donors (Lipinski definition) is 1. The van der Waals surface area contributed by atoms with Crippen LogP contribution in [-0.4, -0.2) is 13.2 Å². The molecule has 1 aromatic carbocycles. The molecule has 0 aliphatic heterocycles. The van der Waals surface area contributed by atoms with E-state index in [1.54, 1.807) is 0 Å². The van der Waals surface area contributed by atoms with E-state index in [4.69, 9.17) is 16.3 Å². The number of benzene rings is 1. The fourth-order valence-corrected chi connectivity index (χ4v) is 2.17. The molecular weight excluding hydrogens is 258 g/mol. The van der Waals surface area contributed by atoms with Crippen LogP contribution in [0.4, 0.5) is 0 Å². The van der Waals surface area contributed by atoms with Gasteiger partial charge in [-0.05, 0) is 36.6 Å². The highest BCUT2D eigenvalue weighted by Gasteiger charge is 2.07. The van der Waals surface area contributed by atoms with Crippen molar-refractivity contribution < 1.29 is 4.74 Å². The first kappa shape index (κ1) is 16.3. The van der Waals surface area contributed by atoms with E-state index in [9.17, 15) is 0 Å². The molecule has 0 aliphatic rings. The van der Waals surface area contributed by atoms with Crippen molar-refractivity contribution >= 4 is 11.6 Å². The van der Waals surface area contributed by atoms with Gasteiger partial charge in [0, 0.05) is 6.54 Å². The highest BCUT2D eigenvalue weighted by atomic mass is 35.5. The van der Waals surface area contributed by atoms with E-state index >= 15 is 0 Å². The number of nitrogens with one attached hydrogen (secondary N) is 1. The Bertz CT molecular complexity index is 364. The SMILES string of the molecule is CCCNCc1ccc(OCC(CC)CC)c(Cl)c1. The Hall–Kier alpha value is -0.730. The molecule has 0 amide bonds. The topological polar surface area (TPSA) is 21.3 Å². The minimum absolute atomic E-state index is 0.613. The average molecular weight is 284 g/mol. The molecule has 1 N–H and O–H groups in total. The molecule has 0 aromatic heterocycles. The van der Waals surface area contributed by atoms with Crippen LogP contribution in [0.1, 0.15) is 45.6 Å². The van der Waals surface area contributed by atoms with Gasteiger partial charge in [-0.2, -0.15) is 0 Å². The normalized spacial score (nSPS) is 11.0. The third kappa shape index (κ3) is 5.84. The average Bonchev–Trinajstić information content (AvgIpc) is 2.42. The van der Waals surface area contributed by atoms with E-state index in [0.29, 0.717) is 10.9 Å². The second-order valence-electron chi connectivity index (χ2n) is 4.94. The quantitative estimate of drug-likeness (QED) is 0.666. The Morgan fingerprint density at radius 1 is 1.21 bits per heavy atom. The predicted octanol–water partition coefficient (Wildman–Crippen LogP) is 4.65. The zero-order chi connectivity index (χ0) is 14.1. The Morgan fingerprint density at radius 3 is 2.53 bits per heavy atom. The first-order valence-corrected chi connectivity index (χ1v) is 7.70. The van der Waals surface area contributed by atoms with Crippen LogP contribution in [0.2, 0.25) is 5.02 Å². The van der Waals surface area contributed by atoms with Gasteiger partial charge in [-0.25, -0.2) is 0 Å². The first-order valence-electron chi connectivity index (χ1n) is 7.33. The maximum Gasteiger partial charge on any atom is 0.137 e. The molecule has 19 heavy (non-hydrogen) atoms. The van der Waals surface area contributed by atoms with Gasteiger partial charge in [0.1, 0.15) is 5.75 Å². The lowest BCUT2D eigenvalue weighted by molar-refractivity contribution is 0.240. The van der Waals surface area contributed by atoms with Crippen LogP contribution in [0, 0.1) is 5.92 Å². The van der Waals surface area contributed by atoms with E-state index in [2.05, 4.69) is 32.2 Å². The van der Waals surface area contributed by atoms with Crippen LogP contribution >= 0.6 is 11.6 Å². The summed E-state index contributed by atoms with van der Waals surface area (Å²) < 4.78 is 5.81. The molecular formula is C16H26ClNO. The van der Waals surface area contributed by atoms with E-state index in [1.165, 1.54) is 5.56 Å². The molecule has 1 aromatic rings. The maximum atomic E-state index is 6.26. The van der Waals surface area contributed by atoms with E-state index in [1.807, 2.05) is 12.1 Å². The highest BCUT2D eigenvalue weighted by molar-refractivity contribution is 6.32. The second-order valence-corrected chi connectivity index (χ2v) is 5.34. The van der Waals surface area contributed by atoms with Crippen molar-refractivity contribution in [2.75, 3.05) is 13.2 Å². The van der Waals surface area contributed by atoms with Gasteiger partial charge < -0.3 is 10.1 Å². The lowest BCUT2D eigenvalue weighted by Crippen LogP contribution is -2.14. The monoisotopic (exact) mass is 283 g/mol. The van der Waals surface area contributed by atoms with Crippen LogP contribution in [-0.2, 0) is 6.54 Å². The van der Waals surface area contributed by atoms with Crippen LogP contribution < -0.4 is 10.1 Å². The number of hydrogen-bond acceptors (Lipinski definition) is 2. The van der Waals surface area contributed by atoms with Crippen molar-refractivity contribution in [1.82, 2.24) is 5.32 Å². The molecule has 0 atom stereocenters. The molecule has 0 heterocycles. The summed E-state index contributed by atoms with van der Waals surface area (Å²) in [7, 11) is 0. The summed E-state index contributed by atoms with van der Waals surface area (Å²) in [4.78, 5) is 0. The summed E-state index contributed by atoms with van der Waals surface area (Å²) in [6.45, 7) is 9.20. The Labute approximate surface area is 122 Å². The van der Waals surface area contributed by atoms with Gasteiger partial charge in [-0.3, -0.25) is 0 Å². The van der Waals surface area contributed by atoms with Crippen molar-refractivity contribution in [3.05, 3.63) is 28.8 Å². The Balaban J connectivity index is 2.51. The molecule has 0 radical (unpaired) electrons. The summed E-state index contributed by atoms with van der Waals surface area (Å²) in [6, 6.07) is 6.05. The molecule has 0 fully saturated rings. The molecule has 0 saturated heterocycles. The van der Waals surface area contributed by atoms with Gasteiger partial charge in [-0.15, -0.1) is 0 Å². The van der Waals surface area contributed by atoms with Crippen LogP contribution in [0.15, 0.2) is 18.2 Å². The number of rotatable bonds is 9. The van der Waals surface area contributed by atoms with Crippen LogP contribution in [0.25, 0.3) is 0 Å². The smallest absolute Gasteiger partial charge is 0.137 e. The standard InChI is InChI=1S/C16H26ClNO/c1-4-9-18-11-14-7-8-16(15(17)10-14)19-12-13(5-2)6-3/h7-8,10,13,18H,4-6,9,11-12H2,1-3H3. The fraction of sp³-hybridized carbons (Fsp3) is 0.625. The number of halogens is 1. The predicted molar refractivity (Wildman–Crippen MR) is 83.0 cm³/mol. The zero-order valence-electron chi connectivity index (χ0n) is 12.3. The first-order chi connectivity index (χ1) is 9.21. The second kappa shape index (κ2) is 9.22. The molecule has 0 saturated carbocycles. The van der Waals surface area contributed by atoms with Crippen molar-refractivity contribution in [3.8, 4) is 5.75 Å².